The summed E-state index contributed by atoms with van der Waals surface area (Å²) < 4.78 is 16.9. The highest BCUT2D eigenvalue weighted by molar-refractivity contribution is 6.00. The molecule has 0 spiro atoms. The Morgan fingerprint density at radius 3 is 2.45 bits per heavy atom. The van der Waals surface area contributed by atoms with Crippen molar-refractivity contribution in [2.45, 2.75) is 19.8 Å². The summed E-state index contributed by atoms with van der Waals surface area (Å²) in [5, 5.41) is 9.82. The third-order valence-corrected chi connectivity index (χ3v) is 4.48. The zero-order valence-electron chi connectivity index (χ0n) is 16.3. The van der Waals surface area contributed by atoms with Gasteiger partial charge in [-0.25, -0.2) is 4.79 Å². The van der Waals surface area contributed by atoms with Crippen LogP contribution in [0.5, 0.6) is 5.75 Å². The number of carbonyl (C=O) groups excluding carboxylic acids is 1. The maximum absolute atomic E-state index is 13.0. The van der Waals surface area contributed by atoms with Gasteiger partial charge in [-0.15, -0.1) is 0 Å². The van der Waals surface area contributed by atoms with Crippen molar-refractivity contribution in [2.75, 3.05) is 13.2 Å². The second-order valence-electron chi connectivity index (χ2n) is 6.22. The predicted molar refractivity (Wildman–Crippen MR) is 108 cm³/mol. The second-order valence-corrected chi connectivity index (χ2v) is 6.22. The summed E-state index contributed by atoms with van der Waals surface area (Å²) in [6.07, 6.45) is 0. The molecule has 3 rings (SSSR count). The molecule has 148 valence electrons. The zero-order valence-corrected chi connectivity index (χ0v) is 16.3. The number of hydrogen-bond donors (Lipinski definition) is 1. The van der Waals surface area contributed by atoms with E-state index in [0.29, 0.717) is 23.5 Å². The minimum Gasteiger partial charge on any atom is -0.494 e. The lowest BCUT2D eigenvalue weighted by Gasteiger charge is -2.29. The molecule has 0 radical (unpaired) electrons. The maximum Gasteiger partial charge on any atom is 0.338 e. The normalized spacial score (nSPS) is 16.1. The van der Waals surface area contributed by atoms with Crippen LogP contribution in [0.4, 0.5) is 0 Å². The minimum absolute atomic E-state index is 0.0456. The van der Waals surface area contributed by atoms with Crippen molar-refractivity contribution in [2.24, 2.45) is 5.73 Å². The molecule has 6 heteroatoms. The standard InChI is InChI=1S/C23H22N2O4/c1-3-27-18-13-9-8-12-16(18)19-17(14-24)22(25)29-21(15-10-6-5-7-11-15)20(19)23(26)28-4-2/h5-13,19H,3-4,25H2,1-2H3. The first-order valence-electron chi connectivity index (χ1n) is 9.38. The lowest BCUT2D eigenvalue weighted by molar-refractivity contribution is -0.138. The van der Waals surface area contributed by atoms with Crippen LogP contribution in [-0.2, 0) is 14.3 Å². The summed E-state index contributed by atoms with van der Waals surface area (Å²) in [6, 6.07) is 18.5. The zero-order chi connectivity index (χ0) is 20.8. The highest BCUT2D eigenvalue weighted by Gasteiger charge is 2.39. The first-order chi connectivity index (χ1) is 14.1. The van der Waals surface area contributed by atoms with E-state index >= 15 is 0 Å². The van der Waals surface area contributed by atoms with Gasteiger partial charge in [0.15, 0.2) is 0 Å². The molecule has 1 aliphatic rings. The summed E-state index contributed by atoms with van der Waals surface area (Å²) in [5.41, 5.74) is 7.78. The van der Waals surface area contributed by atoms with Crippen LogP contribution in [0.2, 0.25) is 0 Å². The maximum atomic E-state index is 13.0. The number of carbonyl (C=O) groups is 1. The summed E-state index contributed by atoms with van der Waals surface area (Å²) in [7, 11) is 0. The number of rotatable bonds is 6. The molecule has 6 nitrogen and oxygen atoms in total. The molecule has 2 aromatic carbocycles. The van der Waals surface area contributed by atoms with Crippen molar-refractivity contribution in [3.05, 3.63) is 82.8 Å². The van der Waals surface area contributed by atoms with Gasteiger partial charge in [-0.1, -0.05) is 48.5 Å². The molecule has 0 aliphatic carbocycles. The average Bonchev–Trinajstić information content (AvgIpc) is 2.74. The Morgan fingerprint density at radius 2 is 1.79 bits per heavy atom. The number of nitriles is 1. The van der Waals surface area contributed by atoms with E-state index in [2.05, 4.69) is 6.07 Å². The van der Waals surface area contributed by atoms with Crippen molar-refractivity contribution >= 4 is 11.7 Å². The first-order valence-corrected chi connectivity index (χ1v) is 9.38. The molecule has 0 amide bonds. The Bertz CT molecular complexity index is 1000. The van der Waals surface area contributed by atoms with Crippen molar-refractivity contribution in [1.29, 1.82) is 5.26 Å². The number of nitrogens with zero attached hydrogens (tertiary/aromatic N) is 1. The molecule has 0 aromatic heterocycles. The Labute approximate surface area is 169 Å². The van der Waals surface area contributed by atoms with Crippen molar-refractivity contribution in [3.63, 3.8) is 0 Å². The Hall–Kier alpha value is -3.72. The van der Waals surface area contributed by atoms with Crippen molar-refractivity contribution in [1.82, 2.24) is 0 Å². The van der Waals surface area contributed by atoms with E-state index in [0.717, 1.165) is 0 Å². The van der Waals surface area contributed by atoms with Crippen LogP contribution in [0.15, 0.2) is 71.6 Å². The van der Waals surface area contributed by atoms with E-state index in [4.69, 9.17) is 19.9 Å². The van der Waals surface area contributed by atoms with Gasteiger partial charge in [-0.05, 0) is 19.9 Å². The molecule has 0 bridgehead atoms. The van der Waals surface area contributed by atoms with Gasteiger partial charge in [-0.2, -0.15) is 5.26 Å². The largest absolute Gasteiger partial charge is 0.494 e. The van der Waals surface area contributed by atoms with Gasteiger partial charge in [0.2, 0.25) is 5.88 Å². The van der Waals surface area contributed by atoms with Crippen LogP contribution in [0, 0.1) is 11.3 Å². The van der Waals surface area contributed by atoms with E-state index < -0.39 is 11.9 Å². The van der Waals surface area contributed by atoms with Crippen LogP contribution in [0.25, 0.3) is 5.76 Å². The van der Waals surface area contributed by atoms with Crippen LogP contribution < -0.4 is 10.5 Å². The fraction of sp³-hybridized carbons (Fsp3) is 0.217. The third-order valence-electron chi connectivity index (χ3n) is 4.48. The SMILES string of the molecule is CCOC(=O)C1=C(c2ccccc2)OC(N)=C(C#N)C1c1ccccc1OCC. The van der Waals surface area contributed by atoms with E-state index in [1.807, 2.05) is 55.5 Å². The monoisotopic (exact) mass is 390 g/mol. The molecule has 0 fully saturated rings. The molecule has 1 atom stereocenters. The van der Waals surface area contributed by atoms with Crippen LogP contribution in [-0.4, -0.2) is 19.2 Å². The fourth-order valence-corrected chi connectivity index (χ4v) is 3.30. The summed E-state index contributed by atoms with van der Waals surface area (Å²) in [5.74, 6) is -0.544. The predicted octanol–water partition coefficient (Wildman–Crippen LogP) is 3.87. The highest BCUT2D eigenvalue weighted by atomic mass is 16.5. The van der Waals surface area contributed by atoms with Gasteiger partial charge in [0, 0.05) is 11.1 Å². The van der Waals surface area contributed by atoms with E-state index in [-0.39, 0.29) is 29.4 Å². The van der Waals surface area contributed by atoms with Crippen LogP contribution in [0.1, 0.15) is 30.9 Å². The van der Waals surface area contributed by atoms with Gasteiger partial charge in [0.25, 0.3) is 0 Å². The van der Waals surface area contributed by atoms with Gasteiger partial charge in [0.05, 0.1) is 24.7 Å². The number of nitrogens with two attached hydrogens (primary N) is 1. The first kappa shape index (κ1) is 20.0. The number of allylic oxidation sites excluding steroid dienone is 1. The molecule has 1 aliphatic heterocycles. The number of hydrogen-bond acceptors (Lipinski definition) is 6. The summed E-state index contributed by atoms with van der Waals surface area (Å²) in [4.78, 5) is 13.0. The van der Waals surface area contributed by atoms with Gasteiger partial charge >= 0.3 is 5.97 Å². The van der Waals surface area contributed by atoms with Gasteiger partial charge < -0.3 is 19.9 Å². The average molecular weight is 390 g/mol. The molecule has 0 saturated carbocycles. The van der Waals surface area contributed by atoms with Crippen molar-refractivity contribution < 1.29 is 19.0 Å². The molecule has 1 unspecified atom stereocenters. The molecule has 2 N–H and O–H groups in total. The van der Waals surface area contributed by atoms with Crippen LogP contribution >= 0.6 is 0 Å². The van der Waals surface area contributed by atoms with E-state index in [1.165, 1.54) is 0 Å². The highest BCUT2D eigenvalue weighted by Crippen LogP contribution is 2.45. The smallest absolute Gasteiger partial charge is 0.338 e. The molecular formula is C23H22N2O4. The van der Waals surface area contributed by atoms with Gasteiger partial charge in [0.1, 0.15) is 23.2 Å². The molecule has 1 heterocycles. The van der Waals surface area contributed by atoms with Gasteiger partial charge in [-0.3, -0.25) is 0 Å². The minimum atomic E-state index is -0.772. The Balaban J connectivity index is 2.30. The number of ether oxygens (including phenoxy) is 3. The second kappa shape index (κ2) is 8.98. The molecule has 0 saturated heterocycles. The topological polar surface area (TPSA) is 94.6 Å². The lowest BCUT2D eigenvalue weighted by atomic mass is 9.81. The third kappa shape index (κ3) is 3.94. The fourth-order valence-electron chi connectivity index (χ4n) is 3.30. The summed E-state index contributed by atoms with van der Waals surface area (Å²) >= 11 is 0. The quantitative estimate of drug-likeness (QED) is 0.753. The number of para-hydroxylation sites is 1. The van der Waals surface area contributed by atoms with Crippen LogP contribution in [0.3, 0.4) is 0 Å². The molecule has 2 aromatic rings. The van der Waals surface area contributed by atoms with Crippen molar-refractivity contribution in [3.8, 4) is 11.8 Å². The van der Waals surface area contributed by atoms with E-state index in [9.17, 15) is 10.1 Å². The van der Waals surface area contributed by atoms with E-state index in [1.54, 1.807) is 13.0 Å². The Kier molecular flexibility index (Phi) is 6.20. The number of esters is 1. The summed E-state index contributed by atoms with van der Waals surface area (Å²) in [6.45, 7) is 4.22. The Morgan fingerprint density at radius 1 is 1.10 bits per heavy atom. The lowest BCUT2D eigenvalue weighted by Crippen LogP contribution is -2.26. The molecular weight excluding hydrogens is 368 g/mol. The number of benzene rings is 2. The molecule has 29 heavy (non-hydrogen) atoms.